The first-order valence-corrected chi connectivity index (χ1v) is 2.90. The lowest BCUT2D eigenvalue weighted by atomic mass is 10.7. The minimum Gasteiger partial charge on any atom is -0.317 e. The van der Waals surface area contributed by atoms with E-state index in [2.05, 4.69) is 9.28 Å². The zero-order chi connectivity index (χ0) is 7.49. The monoisotopic (exact) mass is 151 g/mol. The summed E-state index contributed by atoms with van der Waals surface area (Å²) in [4.78, 5) is 3.81. The standard InChI is InChI=1S/C5H12ClN2O/c1-7-5(9-6)8(2,3)4/h1-4H3/q+1. The van der Waals surface area contributed by atoms with Crippen LogP contribution in [0.4, 0.5) is 0 Å². The molecule has 0 aliphatic rings. The molecule has 54 valence electrons. The summed E-state index contributed by atoms with van der Waals surface area (Å²) in [5, 5.41) is 0. The molecular weight excluding hydrogens is 140 g/mol. The Kier molecular flexibility index (Phi) is 2.94. The van der Waals surface area contributed by atoms with E-state index in [1.165, 1.54) is 0 Å². The summed E-state index contributed by atoms with van der Waals surface area (Å²) < 4.78 is 4.96. The molecule has 0 aliphatic carbocycles. The molecule has 0 saturated carbocycles. The fourth-order valence-electron chi connectivity index (χ4n) is 0.438. The van der Waals surface area contributed by atoms with E-state index in [1.807, 2.05) is 21.1 Å². The quantitative estimate of drug-likeness (QED) is 0.286. The molecule has 0 aromatic heterocycles. The number of amidine groups is 1. The van der Waals surface area contributed by atoms with Crippen molar-refractivity contribution in [1.82, 2.24) is 0 Å². The minimum atomic E-state index is 0.497. The number of aliphatic imine (C=N–C) groups is 1. The first-order valence-electron chi connectivity index (χ1n) is 2.59. The van der Waals surface area contributed by atoms with E-state index in [4.69, 9.17) is 11.9 Å². The lowest BCUT2D eigenvalue weighted by Crippen LogP contribution is -2.41. The van der Waals surface area contributed by atoms with Crippen LogP contribution in [0.2, 0.25) is 0 Å². The second-order valence-electron chi connectivity index (χ2n) is 2.60. The highest BCUT2D eigenvalue weighted by Gasteiger charge is 2.18. The van der Waals surface area contributed by atoms with E-state index in [-0.39, 0.29) is 0 Å². The van der Waals surface area contributed by atoms with Crippen molar-refractivity contribution in [2.75, 3.05) is 28.2 Å². The van der Waals surface area contributed by atoms with Crippen LogP contribution in [0.3, 0.4) is 0 Å². The van der Waals surface area contributed by atoms with Crippen LogP contribution in [0.15, 0.2) is 4.99 Å². The molecular formula is C5H12ClN2O+. The van der Waals surface area contributed by atoms with Crippen LogP contribution in [0.25, 0.3) is 0 Å². The van der Waals surface area contributed by atoms with Gasteiger partial charge in [-0.3, -0.25) is 0 Å². The van der Waals surface area contributed by atoms with Crippen LogP contribution in [0.5, 0.6) is 0 Å². The Balaban J connectivity index is 4.14. The summed E-state index contributed by atoms with van der Waals surface area (Å²) >= 11 is 5.11. The Labute approximate surface area is 60.7 Å². The molecule has 3 nitrogen and oxygen atoms in total. The predicted molar refractivity (Wildman–Crippen MR) is 38.3 cm³/mol. The van der Waals surface area contributed by atoms with Gasteiger partial charge in [0.15, 0.2) is 0 Å². The highest BCUT2D eigenvalue weighted by molar-refractivity contribution is 6.12. The van der Waals surface area contributed by atoms with E-state index >= 15 is 0 Å². The van der Waals surface area contributed by atoms with Gasteiger partial charge in [0.25, 0.3) is 0 Å². The van der Waals surface area contributed by atoms with Crippen molar-refractivity contribution in [3.05, 3.63) is 0 Å². The molecule has 0 fully saturated rings. The molecule has 0 aromatic carbocycles. The second kappa shape index (κ2) is 3.03. The Bertz CT molecular complexity index is 117. The normalized spacial score (nSPS) is 13.7. The fraction of sp³-hybridized carbons (Fsp3) is 0.800. The number of quaternary nitrogens is 1. The van der Waals surface area contributed by atoms with Crippen molar-refractivity contribution in [1.29, 1.82) is 0 Å². The third-order valence-electron chi connectivity index (χ3n) is 0.834. The van der Waals surface area contributed by atoms with Crippen LogP contribution in [0.1, 0.15) is 0 Å². The highest BCUT2D eigenvalue weighted by atomic mass is 35.5. The highest BCUT2D eigenvalue weighted by Crippen LogP contribution is 1.97. The molecule has 0 aromatic rings. The Morgan fingerprint density at radius 1 is 1.44 bits per heavy atom. The topological polar surface area (TPSA) is 21.6 Å². The molecule has 4 heteroatoms. The molecule has 0 aliphatic heterocycles. The molecule has 0 heterocycles. The van der Waals surface area contributed by atoms with Crippen LogP contribution in [0, 0.1) is 0 Å². The summed E-state index contributed by atoms with van der Waals surface area (Å²) in [6.07, 6.45) is 0. The largest absolute Gasteiger partial charge is 0.411 e. The summed E-state index contributed by atoms with van der Waals surface area (Å²) in [5.74, 6) is 0. The third-order valence-corrected chi connectivity index (χ3v) is 0.972. The lowest BCUT2D eigenvalue weighted by Gasteiger charge is -2.19. The maximum Gasteiger partial charge on any atom is 0.411 e. The summed E-state index contributed by atoms with van der Waals surface area (Å²) in [5.41, 5.74) is 0. The Morgan fingerprint density at radius 3 is 1.89 bits per heavy atom. The van der Waals surface area contributed by atoms with Crippen molar-refractivity contribution in [3.63, 3.8) is 0 Å². The molecule has 0 spiro atoms. The summed E-state index contributed by atoms with van der Waals surface area (Å²) in [6, 6.07) is 0.497. The second-order valence-corrected chi connectivity index (χ2v) is 2.75. The Morgan fingerprint density at radius 2 is 1.89 bits per heavy atom. The van der Waals surface area contributed by atoms with Crippen LogP contribution in [-0.4, -0.2) is 38.7 Å². The molecule has 0 radical (unpaired) electrons. The number of rotatable bonds is 0. The van der Waals surface area contributed by atoms with E-state index in [0.29, 0.717) is 10.5 Å². The van der Waals surface area contributed by atoms with Crippen LogP contribution >= 0.6 is 11.9 Å². The van der Waals surface area contributed by atoms with Crippen molar-refractivity contribution in [2.24, 2.45) is 4.99 Å². The van der Waals surface area contributed by atoms with Gasteiger partial charge in [-0.25, -0.2) is 9.48 Å². The van der Waals surface area contributed by atoms with Gasteiger partial charge in [-0.1, -0.05) is 0 Å². The lowest BCUT2D eigenvalue weighted by molar-refractivity contribution is -0.785. The number of hydrogen-bond acceptors (Lipinski definition) is 2. The number of halogens is 1. The van der Waals surface area contributed by atoms with Crippen molar-refractivity contribution >= 4 is 17.9 Å². The van der Waals surface area contributed by atoms with Crippen molar-refractivity contribution < 1.29 is 8.77 Å². The van der Waals surface area contributed by atoms with Gasteiger partial charge in [-0.05, 0) is 0 Å². The maximum atomic E-state index is 5.11. The molecule has 0 bridgehead atoms. The molecule has 0 amide bonds. The van der Waals surface area contributed by atoms with E-state index in [0.717, 1.165) is 0 Å². The van der Waals surface area contributed by atoms with Gasteiger partial charge in [0.05, 0.1) is 21.1 Å². The van der Waals surface area contributed by atoms with Gasteiger partial charge in [0.1, 0.15) is 11.9 Å². The molecule has 0 atom stereocenters. The Hall–Kier alpha value is -0.280. The summed E-state index contributed by atoms with van der Waals surface area (Å²) in [6.45, 7) is 0. The summed E-state index contributed by atoms with van der Waals surface area (Å²) in [7, 11) is 7.40. The molecule has 0 unspecified atom stereocenters. The average molecular weight is 152 g/mol. The molecule has 9 heavy (non-hydrogen) atoms. The van der Waals surface area contributed by atoms with Gasteiger partial charge in [-0.2, -0.15) is 0 Å². The van der Waals surface area contributed by atoms with Crippen molar-refractivity contribution in [2.45, 2.75) is 0 Å². The van der Waals surface area contributed by atoms with Gasteiger partial charge in [-0.15, -0.1) is 0 Å². The third kappa shape index (κ3) is 2.67. The van der Waals surface area contributed by atoms with E-state index in [9.17, 15) is 0 Å². The zero-order valence-corrected chi connectivity index (χ0v) is 6.94. The molecule has 0 saturated heterocycles. The minimum absolute atomic E-state index is 0.497. The number of hydrogen-bond donors (Lipinski definition) is 0. The SMILES string of the molecule is CN=C(OCl)[N+](C)(C)C. The van der Waals surface area contributed by atoms with Gasteiger partial charge in [0, 0.05) is 7.05 Å². The maximum absolute atomic E-state index is 5.11. The average Bonchev–Trinajstić information content (AvgIpc) is 1.65. The predicted octanol–water partition coefficient (Wildman–Crippen LogP) is 0.849. The van der Waals surface area contributed by atoms with E-state index < -0.39 is 0 Å². The fourth-order valence-corrected chi connectivity index (χ4v) is 0.714. The van der Waals surface area contributed by atoms with Crippen LogP contribution < -0.4 is 0 Å². The van der Waals surface area contributed by atoms with Gasteiger partial charge < -0.3 is 4.29 Å². The van der Waals surface area contributed by atoms with Crippen LogP contribution in [-0.2, 0) is 4.29 Å². The molecule has 0 N–H and O–H groups in total. The molecule has 0 rings (SSSR count). The van der Waals surface area contributed by atoms with Gasteiger partial charge in [0.2, 0.25) is 0 Å². The smallest absolute Gasteiger partial charge is 0.317 e. The number of nitrogens with zero attached hydrogens (tertiary/aromatic N) is 2. The van der Waals surface area contributed by atoms with E-state index in [1.54, 1.807) is 7.05 Å². The zero-order valence-electron chi connectivity index (χ0n) is 6.18. The first kappa shape index (κ1) is 8.72. The van der Waals surface area contributed by atoms with Gasteiger partial charge >= 0.3 is 6.02 Å². The van der Waals surface area contributed by atoms with Crippen molar-refractivity contribution in [3.8, 4) is 0 Å². The first-order chi connectivity index (χ1) is 4.02.